The summed E-state index contributed by atoms with van der Waals surface area (Å²) in [6, 6.07) is 12.2. The van der Waals surface area contributed by atoms with Gasteiger partial charge >= 0.3 is 5.76 Å². The third-order valence-corrected chi connectivity index (χ3v) is 6.19. The number of carbonyl (C=O) groups is 2. The number of methoxy groups -OCH3 is 1. The fourth-order valence-electron chi connectivity index (χ4n) is 4.30. The van der Waals surface area contributed by atoms with Crippen LogP contribution in [0.1, 0.15) is 29.6 Å². The Morgan fingerprint density at radius 3 is 2.63 bits per heavy atom. The molecule has 5 rings (SSSR count). The van der Waals surface area contributed by atoms with Gasteiger partial charge in [-0.15, -0.1) is 0 Å². The predicted molar refractivity (Wildman–Crippen MR) is 129 cm³/mol. The third kappa shape index (κ3) is 4.54. The van der Waals surface area contributed by atoms with E-state index in [4.69, 9.17) is 9.15 Å². The number of likely N-dealkylation sites (tertiary alicyclic amines) is 1. The molecule has 180 valence electrons. The summed E-state index contributed by atoms with van der Waals surface area (Å²) in [5.74, 6) is -0.389. The molecule has 0 unspecified atom stereocenters. The van der Waals surface area contributed by atoms with Crippen molar-refractivity contribution in [1.82, 2.24) is 19.7 Å². The zero-order valence-corrected chi connectivity index (χ0v) is 19.2. The van der Waals surface area contributed by atoms with Crippen LogP contribution in [0, 0.1) is 0 Å². The second kappa shape index (κ2) is 9.49. The van der Waals surface area contributed by atoms with Gasteiger partial charge in [0.1, 0.15) is 12.3 Å². The Morgan fingerprint density at radius 1 is 1.11 bits per heavy atom. The Balaban J connectivity index is 1.38. The summed E-state index contributed by atoms with van der Waals surface area (Å²) in [6.07, 6.45) is 4.50. The number of piperidine rings is 1. The summed E-state index contributed by atoms with van der Waals surface area (Å²) in [6.45, 7) is 1.30. The number of carbonyl (C=O) groups excluding carboxylic acids is 2. The van der Waals surface area contributed by atoms with E-state index in [2.05, 4.69) is 15.5 Å². The number of ether oxygens (including phenoxy) is 1. The molecule has 10 heteroatoms. The number of aromatic amines is 1. The van der Waals surface area contributed by atoms with Crippen LogP contribution >= 0.6 is 0 Å². The van der Waals surface area contributed by atoms with E-state index in [1.54, 1.807) is 42.3 Å². The lowest BCUT2D eigenvalue weighted by atomic mass is 10.1. The second-order valence-corrected chi connectivity index (χ2v) is 8.42. The molecule has 3 heterocycles. The molecule has 0 spiro atoms. The van der Waals surface area contributed by atoms with Gasteiger partial charge < -0.3 is 19.4 Å². The van der Waals surface area contributed by atoms with Crippen LogP contribution < -0.4 is 15.8 Å². The number of amides is 2. The van der Waals surface area contributed by atoms with Crippen LogP contribution in [-0.2, 0) is 11.3 Å². The third-order valence-electron chi connectivity index (χ3n) is 6.19. The van der Waals surface area contributed by atoms with Gasteiger partial charge in [-0.3, -0.25) is 19.3 Å². The van der Waals surface area contributed by atoms with Gasteiger partial charge in [-0.2, -0.15) is 5.10 Å². The van der Waals surface area contributed by atoms with E-state index in [1.807, 2.05) is 12.1 Å². The van der Waals surface area contributed by atoms with Crippen LogP contribution in [0.15, 0.2) is 57.9 Å². The topological polar surface area (TPSA) is 122 Å². The van der Waals surface area contributed by atoms with E-state index >= 15 is 0 Å². The maximum atomic E-state index is 13.1. The highest BCUT2D eigenvalue weighted by Crippen LogP contribution is 2.25. The number of nitrogens with one attached hydrogen (secondary N) is 2. The van der Waals surface area contributed by atoms with Gasteiger partial charge in [-0.25, -0.2) is 4.79 Å². The van der Waals surface area contributed by atoms with Crippen LogP contribution in [0.25, 0.3) is 22.4 Å². The van der Waals surface area contributed by atoms with Gasteiger partial charge in [0.15, 0.2) is 5.58 Å². The Morgan fingerprint density at radius 2 is 1.89 bits per heavy atom. The Bertz CT molecular complexity index is 1430. The Labute approximate surface area is 200 Å². The van der Waals surface area contributed by atoms with Crippen molar-refractivity contribution in [2.24, 2.45) is 0 Å². The van der Waals surface area contributed by atoms with Crippen LogP contribution in [0.2, 0.25) is 0 Å². The first-order valence-corrected chi connectivity index (χ1v) is 11.4. The smallest absolute Gasteiger partial charge is 0.420 e. The van der Waals surface area contributed by atoms with Crippen molar-refractivity contribution in [3.05, 3.63) is 64.8 Å². The SMILES string of the molecule is COc1ccc(-c2[nH]ncc2C(=O)Nc2ccc3oc(=O)n(CC(=O)N4CCCCC4)c3c2)cc1. The van der Waals surface area contributed by atoms with Crippen LogP contribution in [0.4, 0.5) is 5.69 Å². The minimum absolute atomic E-state index is 0.105. The number of anilines is 1. The minimum Gasteiger partial charge on any atom is -0.497 e. The standard InChI is InChI=1S/C25H25N5O5/c1-34-18-8-5-16(6-9-18)23-19(14-26-28-23)24(32)27-17-7-10-21-20(13-17)30(25(33)35-21)15-22(31)29-11-3-2-4-12-29/h5-10,13-14H,2-4,11-12,15H2,1H3,(H,26,28)(H,27,32). The van der Waals surface area contributed by atoms with Crippen molar-refractivity contribution in [3.8, 4) is 17.0 Å². The number of nitrogens with zero attached hydrogens (tertiary/aromatic N) is 3. The van der Waals surface area contributed by atoms with E-state index in [1.165, 1.54) is 10.8 Å². The minimum atomic E-state index is -0.606. The van der Waals surface area contributed by atoms with Crippen molar-refractivity contribution in [2.75, 3.05) is 25.5 Å². The molecule has 2 aromatic carbocycles. The highest BCUT2D eigenvalue weighted by atomic mass is 16.5. The van der Waals surface area contributed by atoms with Crippen LogP contribution in [-0.4, -0.2) is 51.7 Å². The molecule has 2 aromatic heterocycles. The van der Waals surface area contributed by atoms with Crippen molar-refractivity contribution in [1.29, 1.82) is 0 Å². The Kier molecular flexibility index (Phi) is 6.09. The number of fused-ring (bicyclic) bond motifs is 1. The molecule has 1 fully saturated rings. The summed E-state index contributed by atoms with van der Waals surface area (Å²) in [7, 11) is 1.59. The molecule has 0 radical (unpaired) electrons. The molecule has 1 saturated heterocycles. The van der Waals surface area contributed by atoms with Crippen molar-refractivity contribution >= 4 is 28.6 Å². The molecule has 10 nitrogen and oxygen atoms in total. The molecule has 0 aliphatic carbocycles. The fourth-order valence-corrected chi connectivity index (χ4v) is 4.30. The van der Waals surface area contributed by atoms with Crippen molar-refractivity contribution < 1.29 is 18.7 Å². The number of benzene rings is 2. The van der Waals surface area contributed by atoms with Crippen LogP contribution in [0.5, 0.6) is 5.75 Å². The molecular formula is C25H25N5O5. The maximum Gasteiger partial charge on any atom is 0.420 e. The monoisotopic (exact) mass is 475 g/mol. The number of H-pyrrole nitrogens is 1. The largest absolute Gasteiger partial charge is 0.497 e. The average Bonchev–Trinajstić information content (AvgIpc) is 3.49. The summed E-state index contributed by atoms with van der Waals surface area (Å²) < 4.78 is 11.8. The molecule has 2 amide bonds. The van der Waals surface area contributed by atoms with Gasteiger partial charge in [0.05, 0.1) is 30.1 Å². The molecular weight excluding hydrogens is 450 g/mol. The zero-order chi connectivity index (χ0) is 24.4. The highest BCUT2D eigenvalue weighted by molar-refractivity contribution is 6.08. The molecule has 1 aliphatic rings. The molecule has 4 aromatic rings. The van der Waals surface area contributed by atoms with E-state index < -0.39 is 5.76 Å². The first-order chi connectivity index (χ1) is 17.0. The first kappa shape index (κ1) is 22.5. The highest BCUT2D eigenvalue weighted by Gasteiger charge is 2.21. The maximum absolute atomic E-state index is 13.1. The summed E-state index contributed by atoms with van der Waals surface area (Å²) in [4.78, 5) is 40.0. The van der Waals surface area contributed by atoms with Gasteiger partial charge in [0.2, 0.25) is 5.91 Å². The summed E-state index contributed by atoms with van der Waals surface area (Å²) in [5.41, 5.74) is 2.97. The van der Waals surface area contributed by atoms with E-state index in [-0.39, 0.29) is 18.4 Å². The normalized spacial score (nSPS) is 13.7. The quantitative estimate of drug-likeness (QED) is 0.441. The van der Waals surface area contributed by atoms with Crippen molar-refractivity contribution in [3.63, 3.8) is 0 Å². The van der Waals surface area contributed by atoms with Gasteiger partial charge in [-0.05, 0) is 61.7 Å². The van der Waals surface area contributed by atoms with E-state index in [0.717, 1.165) is 24.8 Å². The lowest BCUT2D eigenvalue weighted by Gasteiger charge is -2.26. The molecule has 2 N–H and O–H groups in total. The number of hydrogen-bond acceptors (Lipinski definition) is 6. The number of hydrogen-bond donors (Lipinski definition) is 2. The number of oxazole rings is 1. The van der Waals surface area contributed by atoms with E-state index in [0.29, 0.717) is 46.9 Å². The summed E-state index contributed by atoms with van der Waals surface area (Å²) in [5, 5.41) is 9.74. The van der Waals surface area contributed by atoms with Gasteiger partial charge in [-0.1, -0.05) is 0 Å². The van der Waals surface area contributed by atoms with E-state index in [9.17, 15) is 14.4 Å². The predicted octanol–water partition coefficient (Wildman–Crippen LogP) is 3.26. The van der Waals surface area contributed by atoms with Gasteiger partial charge in [0, 0.05) is 24.3 Å². The molecule has 0 bridgehead atoms. The Hall–Kier alpha value is -4.34. The molecule has 1 aliphatic heterocycles. The zero-order valence-electron chi connectivity index (χ0n) is 19.2. The fraction of sp³-hybridized carbons (Fsp3) is 0.280. The number of aromatic nitrogens is 3. The second-order valence-electron chi connectivity index (χ2n) is 8.42. The van der Waals surface area contributed by atoms with Crippen molar-refractivity contribution in [2.45, 2.75) is 25.8 Å². The lowest BCUT2D eigenvalue weighted by Crippen LogP contribution is -2.39. The average molecular weight is 476 g/mol. The first-order valence-electron chi connectivity index (χ1n) is 11.4. The summed E-state index contributed by atoms with van der Waals surface area (Å²) >= 11 is 0. The molecule has 35 heavy (non-hydrogen) atoms. The van der Waals surface area contributed by atoms with Crippen LogP contribution in [0.3, 0.4) is 0 Å². The number of rotatable bonds is 6. The molecule has 0 atom stereocenters. The van der Waals surface area contributed by atoms with Gasteiger partial charge in [0.25, 0.3) is 5.91 Å². The molecule has 0 saturated carbocycles. The lowest BCUT2D eigenvalue weighted by molar-refractivity contribution is -0.132.